The maximum atomic E-state index is 4.96. The van der Waals surface area contributed by atoms with Crippen LogP contribution in [0, 0.1) is 0 Å². The van der Waals surface area contributed by atoms with Gasteiger partial charge in [0, 0.05) is 23.3 Å². The van der Waals surface area contributed by atoms with Gasteiger partial charge in [-0.2, -0.15) is 0 Å². The number of fused-ring (bicyclic) bond motifs is 5. The molecule has 0 aliphatic carbocycles. The molecule has 3 heteroatoms. The van der Waals surface area contributed by atoms with E-state index in [0.717, 1.165) is 33.0 Å². The van der Waals surface area contributed by atoms with E-state index in [9.17, 15) is 0 Å². The minimum atomic E-state index is 0.915. The van der Waals surface area contributed by atoms with Crippen LogP contribution >= 0.6 is 0 Å². The summed E-state index contributed by atoms with van der Waals surface area (Å²) in [5.74, 6) is 0. The summed E-state index contributed by atoms with van der Waals surface area (Å²) < 4.78 is 0. The van der Waals surface area contributed by atoms with Gasteiger partial charge in [-0.3, -0.25) is 4.98 Å². The van der Waals surface area contributed by atoms with Gasteiger partial charge in [0.25, 0.3) is 0 Å². The summed E-state index contributed by atoms with van der Waals surface area (Å²) in [6.45, 7) is 0. The molecule has 7 aromatic rings. The minimum absolute atomic E-state index is 0.915. The van der Waals surface area contributed by atoms with Crippen molar-refractivity contribution in [1.82, 2.24) is 15.0 Å². The molecule has 0 fully saturated rings. The maximum Gasteiger partial charge on any atom is 0.0973 e. The van der Waals surface area contributed by atoms with E-state index in [2.05, 4.69) is 77.8 Å². The Bertz CT molecular complexity index is 1860. The van der Waals surface area contributed by atoms with Crippen molar-refractivity contribution in [3.63, 3.8) is 0 Å². The van der Waals surface area contributed by atoms with E-state index in [1.807, 2.05) is 36.5 Å². The predicted molar refractivity (Wildman–Crippen MR) is 141 cm³/mol. The zero-order chi connectivity index (χ0) is 22.5. The zero-order valence-corrected chi connectivity index (χ0v) is 18.3. The Balaban J connectivity index is 1.44. The fraction of sp³-hybridized carbons (Fsp3) is 0. The molecule has 0 amide bonds. The first-order valence-corrected chi connectivity index (χ1v) is 11.4. The van der Waals surface area contributed by atoms with Crippen molar-refractivity contribution in [3.8, 4) is 22.3 Å². The first-order valence-electron chi connectivity index (χ1n) is 11.4. The van der Waals surface area contributed by atoms with Crippen LogP contribution in [0.5, 0.6) is 0 Å². The molecule has 158 valence electrons. The number of nitrogens with zero attached hydrogens (tertiary/aromatic N) is 3. The van der Waals surface area contributed by atoms with E-state index in [0.29, 0.717) is 0 Å². The van der Waals surface area contributed by atoms with Gasteiger partial charge in [-0.1, -0.05) is 66.7 Å². The fourth-order valence-electron chi connectivity index (χ4n) is 4.82. The molecule has 0 unspecified atom stereocenters. The molecule has 0 radical (unpaired) electrons. The summed E-state index contributed by atoms with van der Waals surface area (Å²) in [5.41, 5.74) is 8.34. The summed E-state index contributed by atoms with van der Waals surface area (Å²) in [7, 11) is 0. The molecule has 0 aliphatic rings. The molecule has 3 nitrogen and oxygen atoms in total. The maximum absolute atomic E-state index is 4.96. The summed E-state index contributed by atoms with van der Waals surface area (Å²) in [6.07, 6.45) is 3.71. The van der Waals surface area contributed by atoms with Gasteiger partial charge in [0.2, 0.25) is 0 Å². The molecule has 7 rings (SSSR count). The van der Waals surface area contributed by atoms with E-state index in [-0.39, 0.29) is 0 Å². The van der Waals surface area contributed by atoms with Crippen molar-refractivity contribution < 1.29 is 0 Å². The van der Waals surface area contributed by atoms with Crippen molar-refractivity contribution in [2.24, 2.45) is 0 Å². The highest BCUT2D eigenvalue weighted by Gasteiger charge is 2.12. The molecule has 0 saturated carbocycles. The first-order chi connectivity index (χ1) is 16.8. The highest BCUT2D eigenvalue weighted by Crippen LogP contribution is 2.36. The molecule has 0 aliphatic heterocycles. The van der Waals surface area contributed by atoms with Gasteiger partial charge in [0.05, 0.1) is 22.1 Å². The average molecular weight is 434 g/mol. The van der Waals surface area contributed by atoms with E-state index >= 15 is 0 Å². The number of hydrogen-bond donors (Lipinski definition) is 0. The number of rotatable bonds is 2. The average Bonchev–Trinajstić information content (AvgIpc) is 2.91. The van der Waals surface area contributed by atoms with Crippen LogP contribution in [0.4, 0.5) is 0 Å². The molecule has 34 heavy (non-hydrogen) atoms. The van der Waals surface area contributed by atoms with Crippen LogP contribution in [0.25, 0.3) is 65.9 Å². The summed E-state index contributed by atoms with van der Waals surface area (Å²) in [6, 6.07) is 36.1. The quantitative estimate of drug-likeness (QED) is 0.206. The van der Waals surface area contributed by atoms with Gasteiger partial charge >= 0.3 is 0 Å². The molecule has 0 spiro atoms. The fourth-order valence-corrected chi connectivity index (χ4v) is 4.82. The van der Waals surface area contributed by atoms with Crippen LogP contribution in [0.1, 0.15) is 0 Å². The second kappa shape index (κ2) is 7.46. The molecule has 0 atom stereocenters. The minimum Gasteiger partial charge on any atom is -0.264 e. The number of pyridine rings is 1. The molecular weight excluding hydrogens is 414 g/mol. The van der Waals surface area contributed by atoms with E-state index < -0.39 is 0 Å². The molecule has 0 bridgehead atoms. The molecule has 0 N–H and O–H groups in total. The highest BCUT2D eigenvalue weighted by atomic mass is 14.8. The topological polar surface area (TPSA) is 38.7 Å². The van der Waals surface area contributed by atoms with Gasteiger partial charge in [-0.05, 0) is 69.2 Å². The molecule has 2 aromatic heterocycles. The Labute approximate surface area is 196 Å². The van der Waals surface area contributed by atoms with Crippen molar-refractivity contribution >= 4 is 43.6 Å². The van der Waals surface area contributed by atoms with Crippen molar-refractivity contribution in [1.29, 1.82) is 0 Å². The predicted octanol–water partition coefficient (Wildman–Crippen LogP) is 7.82. The zero-order valence-electron chi connectivity index (χ0n) is 18.3. The van der Waals surface area contributed by atoms with Crippen LogP contribution in [-0.4, -0.2) is 15.0 Å². The van der Waals surface area contributed by atoms with Crippen LogP contribution in [0.2, 0.25) is 0 Å². The molecule has 0 saturated heterocycles. The lowest BCUT2D eigenvalue weighted by atomic mass is 9.94. The van der Waals surface area contributed by atoms with Crippen molar-refractivity contribution in [2.45, 2.75) is 0 Å². The largest absolute Gasteiger partial charge is 0.264 e. The number of benzene rings is 5. The summed E-state index contributed by atoms with van der Waals surface area (Å²) >= 11 is 0. The standard InChI is InChI=1S/C31H19N3/c1-2-8-26-25(7-1)27(18-30-31(26)34-29-10-4-3-9-28(29)33-30)23-14-13-20-16-22(12-11-21(20)17-23)24-6-5-15-32-19-24/h1-19H. The summed E-state index contributed by atoms with van der Waals surface area (Å²) in [4.78, 5) is 14.2. The second-order valence-electron chi connectivity index (χ2n) is 8.57. The summed E-state index contributed by atoms with van der Waals surface area (Å²) in [5, 5.41) is 4.73. The van der Waals surface area contributed by atoms with Gasteiger partial charge in [0.1, 0.15) is 0 Å². The Morgan fingerprint density at radius 2 is 1.18 bits per heavy atom. The lowest BCUT2D eigenvalue weighted by molar-refractivity contribution is 1.33. The SMILES string of the molecule is c1cncc(-c2ccc3cc(-c4cc5nc6ccccc6nc5c5ccccc45)ccc3c2)c1. The van der Waals surface area contributed by atoms with E-state index in [1.54, 1.807) is 6.20 Å². The van der Waals surface area contributed by atoms with Gasteiger partial charge in [-0.15, -0.1) is 0 Å². The van der Waals surface area contributed by atoms with Gasteiger partial charge in [-0.25, -0.2) is 9.97 Å². The monoisotopic (exact) mass is 433 g/mol. The van der Waals surface area contributed by atoms with Crippen LogP contribution in [0.3, 0.4) is 0 Å². The number of aromatic nitrogens is 3. The molecular formula is C31H19N3. The van der Waals surface area contributed by atoms with Crippen molar-refractivity contribution in [3.05, 3.63) is 116 Å². The Hall–Kier alpha value is -4.63. The van der Waals surface area contributed by atoms with Crippen LogP contribution < -0.4 is 0 Å². The van der Waals surface area contributed by atoms with E-state index in [4.69, 9.17) is 9.97 Å². The van der Waals surface area contributed by atoms with Crippen molar-refractivity contribution in [2.75, 3.05) is 0 Å². The van der Waals surface area contributed by atoms with Crippen LogP contribution in [0.15, 0.2) is 116 Å². The highest BCUT2D eigenvalue weighted by molar-refractivity contribution is 6.12. The Kier molecular flexibility index (Phi) is 4.15. The lowest BCUT2D eigenvalue weighted by Gasteiger charge is -2.12. The van der Waals surface area contributed by atoms with Gasteiger partial charge in [0.15, 0.2) is 0 Å². The first kappa shape index (κ1) is 18.9. The normalized spacial score (nSPS) is 11.5. The molecule has 2 heterocycles. The lowest BCUT2D eigenvalue weighted by Crippen LogP contribution is -1.91. The van der Waals surface area contributed by atoms with Gasteiger partial charge < -0.3 is 0 Å². The number of hydrogen-bond acceptors (Lipinski definition) is 3. The third kappa shape index (κ3) is 3.02. The number of para-hydroxylation sites is 2. The van der Waals surface area contributed by atoms with Crippen LogP contribution in [-0.2, 0) is 0 Å². The molecule has 5 aromatic carbocycles. The second-order valence-corrected chi connectivity index (χ2v) is 8.57. The third-order valence-electron chi connectivity index (χ3n) is 6.50. The Morgan fingerprint density at radius 3 is 1.97 bits per heavy atom. The van der Waals surface area contributed by atoms with E-state index in [1.165, 1.54) is 32.8 Å². The Morgan fingerprint density at radius 1 is 0.471 bits per heavy atom. The third-order valence-corrected chi connectivity index (χ3v) is 6.50. The smallest absolute Gasteiger partial charge is 0.0973 e.